The van der Waals surface area contributed by atoms with Crippen LogP contribution in [-0.4, -0.2) is 47.9 Å². The summed E-state index contributed by atoms with van der Waals surface area (Å²) in [6.45, 7) is 3.07. The average Bonchev–Trinajstić information content (AvgIpc) is 3.26. The molecule has 0 bridgehead atoms. The van der Waals surface area contributed by atoms with Gasteiger partial charge in [0.2, 0.25) is 0 Å². The smallest absolute Gasteiger partial charge is 0.331 e. The van der Waals surface area contributed by atoms with E-state index in [9.17, 15) is 14.4 Å². The van der Waals surface area contributed by atoms with Crippen LogP contribution in [0.4, 0.5) is 21.0 Å². The van der Waals surface area contributed by atoms with Crippen LogP contribution in [0, 0.1) is 0 Å². The van der Waals surface area contributed by atoms with Crippen LogP contribution in [0.5, 0.6) is 0 Å². The zero-order valence-corrected chi connectivity index (χ0v) is 16.1. The molecule has 8 nitrogen and oxygen atoms in total. The third-order valence-corrected chi connectivity index (χ3v) is 4.49. The van der Waals surface area contributed by atoms with E-state index < -0.39 is 0 Å². The molecule has 1 aliphatic heterocycles. The molecule has 0 radical (unpaired) electrons. The Kier molecular flexibility index (Phi) is 5.98. The number of likely N-dealkylation sites (N-methyl/N-ethyl adjacent to an activating group) is 1. The molecule has 0 saturated carbocycles. The van der Waals surface area contributed by atoms with E-state index in [2.05, 4.69) is 12.2 Å². The van der Waals surface area contributed by atoms with Crippen molar-refractivity contribution in [3.63, 3.8) is 0 Å². The predicted octanol–water partition coefficient (Wildman–Crippen LogP) is 3.51. The van der Waals surface area contributed by atoms with Gasteiger partial charge in [0.05, 0.1) is 18.5 Å². The van der Waals surface area contributed by atoms with Crippen molar-refractivity contribution in [1.29, 1.82) is 0 Å². The minimum Gasteiger partial charge on any atom is -0.467 e. The summed E-state index contributed by atoms with van der Waals surface area (Å²) in [5.74, 6) is 0.412. The Hall–Kier alpha value is -3.29. The first kappa shape index (κ1) is 19.5. The third kappa shape index (κ3) is 4.33. The topological polar surface area (TPSA) is 86.1 Å². The molecule has 0 aliphatic carbocycles. The summed E-state index contributed by atoms with van der Waals surface area (Å²) >= 11 is 0. The second-order valence-electron chi connectivity index (χ2n) is 6.70. The zero-order chi connectivity index (χ0) is 20.1. The van der Waals surface area contributed by atoms with Crippen molar-refractivity contribution in [2.45, 2.75) is 26.3 Å². The van der Waals surface area contributed by atoms with Crippen LogP contribution in [-0.2, 0) is 11.3 Å². The van der Waals surface area contributed by atoms with E-state index in [1.54, 1.807) is 48.5 Å². The van der Waals surface area contributed by atoms with Gasteiger partial charge in [-0.2, -0.15) is 0 Å². The van der Waals surface area contributed by atoms with Crippen molar-refractivity contribution in [3.05, 3.63) is 48.4 Å². The van der Waals surface area contributed by atoms with Gasteiger partial charge in [-0.15, -0.1) is 0 Å². The number of unbranched alkanes of at least 4 members (excludes halogenated alkanes) is 1. The number of urea groups is 2. The van der Waals surface area contributed by atoms with Crippen molar-refractivity contribution in [2.24, 2.45) is 0 Å². The van der Waals surface area contributed by atoms with Gasteiger partial charge in [0, 0.05) is 19.3 Å². The number of carbonyl (C=O) groups is 3. The molecule has 1 aromatic carbocycles. The van der Waals surface area contributed by atoms with E-state index in [0.717, 1.165) is 17.7 Å². The largest absolute Gasteiger partial charge is 0.467 e. The van der Waals surface area contributed by atoms with Crippen molar-refractivity contribution >= 4 is 29.3 Å². The molecule has 3 rings (SSSR count). The molecule has 0 spiro atoms. The number of carbonyl (C=O) groups excluding carboxylic acids is 3. The molecule has 148 valence electrons. The summed E-state index contributed by atoms with van der Waals surface area (Å²) in [6.07, 6.45) is 3.41. The lowest BCUT2D eigenvalue weighted by Crippen LogP contribution is -2.35. The van der Waals surface area contributed by atoms with E-state index in [1.807, 2.05) is 6.07 Å². The first-order valence-electron chi connectivity index (χ1n) is 9.26. The van der Waals surface area contributed by atoms with Crippen molar-refractivity contribution in [2.75, 3.05) is 30.4 Å². The van der Waals surface area contributed by atoms with Gasteiger partial charge in [0.25, 0.3) is 5.91 Å². The zero-order valence-electron chi connectivity index (χ0n) is 16.1. The molecule has 1 aliphatic rings. The number of rotatable bonds is 7. The van der Waals surface area contributed by atoms with Gasteiger partial charge in [-0.05, 0) is 36.8 Å². The number of imide groups is 1. The SMILES string of the molecule is CCCCN(Cc1ccco1)C(=O)Nc1cccc(N2C(=O)CN(C)C2=O)c1. The molecule has 2 heterocycles. The van der Waals surface area contributed by atoms with Crippen LogP contribution < -0.4 is 10.2 Å². The molecule has 2 aromatic rings. The lowest BCUT2D eigenvalue weighted by atomic mass is 10.2. The number of benzene rings is 1. The first-order chi connectivity index (χ1) is 13.5. The van der Waals surface area contributed by atoms with Gasteiger partial charge in [0.15, 0.2) is 0 Å². The predicted molar refractivity (Wildman–Crippen MR) is 105 cm³/mol. The van der Waals surface area contributed by atoms with Crippen molar-refractivity contribution < 1.29 is 18.8 Å². The maximum absolute atomic E-state index is 12.8. The van der Waals surface area contributed by atoms with Gasteiger partial charge in [0.1, 0.15) is 12.3 Å². The van der Waals surface area contributed by atoms with Crippen LogP contribution in [0.1, 0.15) is 25.5 Å². The fraction of sp³-hybridized carbons (Fsp3) is 0.350. The van der Waals surface area contributed by atoms with Gasteiger partial charge in [-0.1, -0.05) is 19.4 Å². The summed E-state index contributed by atoms with van der Waals surface area (Å²) in [5, 5.41) is 2.85. The Bertz CT molecular complexity index is 850. The summed E-state index contributed by atoms with van der Waals surface area (Å²) in [4.78, 5) is 41.2. The second-order valence-corrected chi connectivity index (χ2v) is 6.70. The van der Waals surface area contributed by atoms with Crippen LogP contribution >= 0.6 is 0 Å². The third-order valence-electron chi connectivity index (χ3n) is 4.49. The number of nitrogens with zero attached hydrogens (tertiary/aromatic N) is 3. The maximum Gasteiger partial charge on any atom is 0.331 e. The minimum atomic E-state index is -0.379. The van der Waals surface area contributed by atoms with Crippen molar-refractivity contribution in [1.82, 2.24) is 9.80 Å². The Morgan fingerprint density at radius 1 is 1.25 bits per heavy atom. The number of amides is 5. The van der Waals surface area contributed by atoms with E-state index in [4.69, 9.17) is 4.42 Å². The average molecular weight is 384 g/mol. The molecule has 1 aromatic heterocycles. The maximum atomic E-state index is 12.8. The van der Waals surface area contributed by atoms with Crippen LogP contribution in [0.2, 0.25) is 0 Å². The fourth-order valence-electron chi connectivity index (χ4n) is 2.99. The fourth-order valence-corrected chi connectivity index (χ4v) is 2.99. The molecule has 1 saturated heterocycles. The Labute approximate surface area is 163 Å². The lowest BCUT2D eigenvalue weighted by Gasteiger charge is -2.22. The minimum absolute atomic E-state index is 0.0450. The molecule has 1 fully saturated rings. The summed E-state index contributed by atoms with van der Waals surface area (Å²) in [5.41, 5.74) is 0.946. The lowest BCUT2D eigenvalue weighted by molar-refractivity contribution is -0.116. The van der Waals surface area contributed by atoms with E-state index >= 15 is 0 Å². The summed E-state index contributed by atoms with van der Waals surface area (Å²) in [6, 6.07) is 9.69. The number of hydrogen-bond donors (Lipinski definition) is 1. The van der Waals surface area contributed by atoms with Crippen molar-refractivity contribution in [3.8, 4) is 0 Å². The number of nitrogens with one attached hydrogen (secondary N) is 1. The summed E-state index contributed by atoms with van der Waals surface area (Å²) in [7, 11) is 1.58. The highest BCUT2D eigenvalue weighted by atomic mass is 16.3. The van der Waals surface area contributed by atoms with Gasteiger partial charge in [-0.3, -0.25) is 4.79 Å². The molecule has 5 amide bonds. The molecule has 0 unspecified atom stereocenters. The molecule has 0 atom stereocenters. The van der Waals surface area contributed by atoms with Crippen LogP contribution in [0.15, 0.2) is 47.1 Å². The molecule has 28 heavy (non-hydrogen) atoms. The Morgan fingerprint density at radius 2 is 2.07 bits per heavy atom. The first-order valence-corrected chi connectivity index (χ1v) is 9.26. The quantitative estimate of drug-likeness (QED) is 0.740. The number of furan rings is 1. The highest BCUT2D eigenvalue weighted by molar-refractivity contribution is 6.19. The van der Waals surface area contributed by atoms with Crippen LogP contribution in [0.3, 0.4) is 0 Å². The molecular weight excluding hydrogens is 360 g/mol. The molecular formula is C20H24N4O4. The second kappa shape index (κ2) is 8.60. The standard InChI is InChI=1S/C20H24N4O4/c1-3-4-10-23(13-17-9-6-11-28-17)19(26)21-15-7-5-8-16(12-15)24-18(25)14-22(2)20(24)27/h5-9,11-12H,3-4,10,13-14H2,1-2H3,(H,21,26). The Morgan fingerprint density at radius 3 is 2.71 bits per heavy atom. The monoisotopic (exact) mass is 384 g/mol. The highest BCUT2D eigenvalue weighted by Gasteiger charge is 2.34. The van der Waals surface area contributed by atoms with Gasteiger partial charge >= 0.3 is 12.1 Å². The normalized spacial score (nSPS) is 13.9. The van der Waals surface area contributed by atoms with Gasteiger partial charge in [-0.25, -0.2) is 14.5 Å². The van der Waals surface area contributed by atoms with E-state index in [0.29, 0.717) is 30.2 Å². The Balaban J connectivity index is 1.73. The highest BCUT2D eigenvalue weighted by Crippen LogP contribution is 2.24. The summed E-state index contributed by atoms with van der Waals surface area (Å²) < 4.78 is 5.36. The molecule has 1 N–H and O–H groups in total. The van der Waals surface area contributed by atoms with E-state index in [-0.39, 0.29) is 24.5 Å². The molecule has 8 heteroatoms. The number of hydrogen-bond acceptors (Lipinski definition) is 4. The van der Waals surface area contributed by atoms with E-state index in [1.165, 1.54) is 4.90 Å². The van der Waals surface area contributed by atoms with Crippen LogP contribution in [0.25, 0.3) is 0 Å². The number of anilines is 2. The van der Waals surface area contributed by atoms with Gasteiger partial charge < -0.3 is 19.5 Å².